The quantitative estimate of drug-likeness (QED) is 0.707. The van der Waals surface area contributed by atoms with Crippen LogP contribution in [-0.4, -0.2) is 23.5 Å². The number of halogens is 1. The average Bonchev–Trinajstić information content (AvgIpc) is 2.75. The molecule has 0 aliphatic carbocycles. The summed E-state index contributed by atoms with van der Waals surface area (Å²) in [7, 11) is 0. The number of hydrogen-bond acceptors (Lipinski definition) is 4. The van der Waals surface area contributed by atoms with Crippen molar-refractivity contribution in [3.05, 3.63) is 34.5 Å². The number of carboxylic acid groups (broad SMARTS) is 1. The number of carbonyl (C=O) groups is 2. The molecule has 4 N–H and O–H groups in total. The third-order valence-electron chi connectivity index (χ3n) is 2.81. The van der Waals surface area contributed by atoms with Crippen molar-refractivity contribution in [3.8, 4) is 0 Å². The van der Waals surface area contributed by atoms with E-state index < -0.39 is 17.7 Å². The first kappa shape index (κ1) is 14.4. The molecule has 0 fully saturated rings. The number of rotatable bonds is 6. The van der Waals surface area contributed by atoms with E-state index in [-0.39, 0.29) is 17.8 Å². The zero-order valence-corrected chi connectivity index (χ0v) is 11.3. The van der Waals surface area contributed by atoms with Crippen molar-refractivity contribution >= 4 is 33.3 Å². The van der Waals surface area contributed by atoms with Crippen LogP contribution in [0.3, 0.4) is 0 Å². The van der Waals surface area contributed by atoms with Crippen LogP contribution in [0.4, 0.5) is 4.39 Å². The monoisotopic (exact) mass is 296 g/mol. The Labute approximate surface area is 118 Å². The van der Waals surface area contributed by atoms with Crippen LogP contribution in [0, 0.1) is 5.82 Å². The van der Waals surface area contributed by atoms with E-state index in [4.69, 9.17) is 5.73 Å². The average molecular weight is 296 g/mol. The fourth-order valence-electron chi connectivity index (χ4n) is 1.93. The SMILES string of the molecule is NC(=O)CCNCc1c(C(=O)O)sc2cccc(F)c12. The van der Waals surface area contributed by atoms with Gasteiger partial charge in [-0.2, -0.15) is 0 Å². The fourth-order valence-corrected chi connectivity index (χ4v) is 3.01. The molecule has 0 unspecified atom stereocenters. The van der Waals surface area contributed by atoms with E-state index in [0.717, 1.165) is 11.3 Å². The fraction of sp³-hybridized carbons (Fsp3) is 0.231. The zero-order valence-electron chi connectivity index (χ0n) is 10.5. The van der Waals surface area contributed by atoms with E-state index in [9.17, 15) is 19.1 Å². The van der Waals surface area contributed by atoms with Crippen molar-refractivity contribution < 1.29 is 19.1 Å². The molecule has 0 saturated carbocycles. The van der Waals surface area contributed by atoms with Crippen LogP contribution >= 0.6 is 11.3 Å². The number of nitrogens with one attached hydrogen (secondary N) is 1. The predicted octanol–water partition coefficient (Wildman–Crippen LogP) is 1.70. The second kappa shape index (κ2) is 5.98. The van der Waals surface area contributed by atoms with Crippen molar-refractivity contribution in [2.24, 2.45) is 5.73 Å². The minimum absolute atomic E-state index is 0.108. The van der Waals surface area contributed by atoms with Gasteiger partial charge in [-0.05, 0) is 12.1 Å². The molecule has 1 heterocycles. The van der Waals surface area contributed by atoms with Crippen molar-refractivity contribution in [1.82, 2.24) is 5.32 Å². The number of hydrogen-bond donors (Lipinski definition) is 3. The van der Waals surface area contributed by atoms with Gasteiger partial charge in [0.2, 0.25) is 5.91 Å². The molecule has 2 aromatic rings. The Bertz CT molecular complexity index is 669. The molecule has 20 heavy (non-hydrogen) atoms. The highest BCUT2D eigenvalue weighted by atomic mass is 32.1. The lowest BCUT2D eigenvalue weighted by molar-refractivity contribution is -0.117. The Morgan fingerprint density at radius 2 is 2.15 bits per heavy atom. The maximum atomic E-state index is 13.9. The molecule has 0 atom stereocenters. The van der Waals surface area contributed by atoms with Gasteiger partial charge in [0.1, 0.15) is 10.7 Å². The predicted molar refractivity (Wildman–Crippen MR) is 74.3 cm³/mol. The molecule has 106 valence electrons. The van der Waals surface area contributed by atoms with Crippen molar-refractivity contribution in [3.63, 3.8) is 0 Å². The first-order valence-corrected chi connectivity index (χ1v) is 6.74. The van der Waals surface area contributed by atoms with Crippen molar-refractivity contribution in [1.29, 1.82) is 0 Å². The van der Waals surface area contributed by atoms with Gasteiger partial charge in [0.15, 0.2) is 0 Å². The number of carbonyl (C=O) groups excluding carboxylic acids is 1. The lowest BCUT2D eigenvalue weighted by Gasteiger charge is -2.04. The summed E-state index contributed by atoms with van der Waals surface area (Å²) in [6.07, 6.45) is 0.146. The Morgan fingerprint density at radius 3 is 2.80 bits per heavy atom. The first-order valence-electron chi connectivity index (χ1n) is 5.93. The Balaban J connectivity index is 2.31. The summed E-state index contributed by atoms with van der Waals surface area (Å²) in [6.45, 7) is 0.496. The number of benzene rings is 1. The molecule has 0 radical (unpaired) electrons. The van der Waals surface area contributed by atoms with E-state index in [1.54, 1.807) is 12.1 Å². The third-order valence-corrected chi connectivity index (χ3v) is 3.99. The van der Waals surface area contributed by atoms with Crippen LogP contribution in [0.15, 0.2) is 18.2 Å². The Kier molecular flexibility index (Phi) is 4.31. The molecule has 0 aliphatic heterocycles. The molecule has 1 aromatic carbocycles. The maximum absolute atomic E-state index is 13.9. The van der Waals surface area contributed by atoms with Gasteiger partial charge in [-0.25, -0.2) is 9.18 Å². The van der Waals surface area contributed by atoms with Crippen molar-refractivity contribution in [2.75, 3.05) is 6.54 Å². The standard InChI is InChI=1S/C13H13FN2O3S/c14-8-2-1-3-9-11(8)7(12(20-9)13(18)19)6-16-5-4-10(15)17/h1-3,16H,4-6H2,(H2,15,17)(H,18,19). The molecular weight excluding hydrogens is 283 g/mol. The molecule has 0 saturated heterocycles. The smallest absolute Gasteiger partial charge is 0.346 e. The number of primary amides is 1. The number of thiophene rings is 1. The number of aromatic carboxylic acids is 1. The summed E-state index contributed by atoms with van der Waals surface area (Å²) in [5.41, 5.74) is 5.42. The molecule has 0 spiro atoms. The summed E-state index contributed by atoms with van der Waals surface area (Å²) >= 11 is 1.04. The third kappa shape index (κ3) is 2.94. The number of amides is 1. The summed E-state index contributed by atoms with van der Waals surface area (Å²) in [5.74, 6) is -1.98. The summed E-state index contributed by atoms with van der Waals surface area (Å²) in [6, 6.07) is 4.53. The van der Waals surface area contributed by atoms with Gasteiger partial charge >= 0.3 is 5.97 Å². The van der Waals surface area contributed by atoms with Crippen LogP contribution < -0.4 is 11.1 Å². The van der Waals surface area contributed by atoms with Gasteiger partial charge in [0, 0.05) is 35.2 Å². The normalized spacial score (nSPS) is 10.8. The molecule has 1 amide bonds. The van der Waals surface area contributed by atoms with E-state index in [0.29, 0.717) is 22.2 Å². The number of carboxylic acids is 1. The van der Waals surface area contributed by atoms with E-state index in [1.165, 1.54) is 6.07 Å². The summed E-state index contributed by atoms with van der Waals surface area (Å²) in [4.78, 5) is 22.0. The minimum atomic E-state index is -1.09. The largest absolute Gasteiger partial charge is 0.477 e. The van der Waals surface area contributed by atoms with E-state index >= 15 is 0 Å². The van der Waals surface area contributed by atoms with Gasteiger partial charge < -0.3 is 16.2 Å². The van der Waals surface area contributed by atoms with Gasteiger partial charge in [0.05, 0.1) is 0 Å². The van der Waals surface area contributed by atoms with Gasteiger partial charge in [-0.1, -0.05) is 6.07 Å². The lowest BCUT2D eigenvalue weighted by atomic mass is 10.1. The van der Waals surface area contributed by atoms with Crippen LogP contribution in [0.5, 0.6) is 0 Å². The second-order valence-corrected chi connectivity index (χ2v) is 5.27. The number of nitrogens with two attached hydrogens (primary N) is 1. The molecule has 2 rings (SSSR count). The highest BCUT2D eigenvalue weighted by Gasteiger charge is 2.19. The Hall–Kier alpha value is -1.99. The summed E-state index contributed by atoms with van der Waals surface area (Å²) < 4.78 is 14.5. The first-order chi connectivity index (χ1) is 9.50. The van der Waals surface area contributed by atoms with Crippen LogP contribution in [0.25, 0.3) is 10.1 Å². The molecule has 1 aromatic heterocycles. The van der Waals surface area contributed by atoms with Crippen LogP contribution in [-0.2, 0) is 11.3 Å². The maximum Gasteiger partial charge on any atom is 0.346 e. The van der Waals surface area contributed by atoms with E-state index in [1.807, 2.05) is 0 Å². The molecular formula is C13H13FN2O3S. The number of fused-ring (bicyclic) bond motifs is 1. The lowest BCUT2D eigenvalue weighted by Crippen LogP contribution is -2.22. The minimum Gasteiger partial charge on any atom is -0.477 e. The van der Waals surface area contributed by atoms with Crippen LogP contribution in [0.1, 0.15) is 21.7 Å². The topological polar surface area (TPSA) is 92.4 Å². The highest BCUT2D eigenvalue weighted by Crippen LogP contribution is 2.33. The van der Waals surface area contributed by atoms with Gasteiger partial charge in [-0.15, -0.1) is 11.3 Å². The van der Waals surface area contributed by atoms with Crippen LogP contribution in [0.2, 0.25) is 0 Å². The van der Waals surface area contributed by atoms with E-state index in [2.05, 4.69) is 5.32 Å². The Morgan fingerprint density at radius 1 is 1.40 bits per heavy atom. The molecule has 0 bridgehead atoms. The molecule has 7 heteroatoms. The molecule has 5 nitrogen and oxygen atoms in total. The zero-order chi connectivity index (χ0) is 14.7. The van der Waals surface area contributed by atoms with Gasteiger partial charge in [0.25, 0.3) is 0 Å². The van der Waals surface area contributed by atoms with Gasteiger partial charge in [-0.3, -0.25) is 4.79 Å². The molecule has 0 aliphatic rings. The highest BCUT2D eigenvalue weighted by molar-refractivity contribution is 7.21. The summed E-state index contributed by atoms with van der Waals surface area (Å²) in [5, 5.41) is 12.4. The van der Waals surface area contributed by atoms with Crippen molar-refractivity contribution in [2.45, 2.75) is 13.0 Å². The second-order valence-electron chi connectivity index (χ2n) is 4.22.